The molecule has 1 fully saturated rings. The van der Waals surface area contributed by atoms with Gasteiger partial charge in [-0.3, -0.25) is 14.9 Å². The highest BCUT2D eigenvalue weighted by atomic mass is 32.2. The van der Waals surface area contributed by atoms with E-state index in [0.29, 0.717) is 17.5 Å². The molecule has 0 radical (unpaired) electrons. The van der Waals surface area contributed by atoms with Crippen molar-refractivity contribution in [2.45, 2.75) is 19.8 Å². The summed E-state index contributed by atoms with van der Waals surface area (Å²) in [6.07, 6.45) is 1.91. The van der Waals surface area contributed by atoms with Crippen molar-refractivity contribution in [3.63, 3.8) is 0 Å². The third kappa shape index (κ3) is 4.85. The molecule has 0 aliphatic carbocycles. The first-order chi connectivity index (χ1) is 10.8. The molecule has 1 aliphatic heterocycles. The molecule has 1 aromatic carbocycles. The SMILES string of the molecule is Cc1ccc(/C=N\NC(=O)C[C@@H]2CCS(=O)(=O)C2)cc1[N+](=O)[O-]. The number of benzene rings is 1. The van der Waals surface area contributed by atoms with Crippen molar-refractivity contribution in [3.8, 4) is 0 Å². The molecule has 1 heterocycles. The third-order valence-electron chi connectivity index (χ3n) is 3.63. The highest BCUT2D eigenvalue weighted by Gasteiger charge is 2.29. The zero-order valence-electron chi connectivity index (χ0n) is 12.6. The molecule has 1 amide bonds. The number of hydrogen-bond donors (Lipinski definition) is 1. The molecular formula is C14H17N3O5S. The number of amides is 1. The molecule has 2 rings (SSSR count). The average Bonchev–Trinajstić information content (AvgIpc) is 2.79. The summed E-state index contributed by atoms with van der Waals surface area (Å²) in [6, 6.07) is 4.63. The number of carbonyl (C=O) groups excluding carboxylic acids is 1. The van der Waals surface area contributed by atoms with Gasteiger partial charge in [-0.25, -0.2) is 13.8 Å². The number of rotatable bonds is 5. The Hall–Kier alpha value is -2.29. The van der Waals surface area contributed by atoms with Crippen molar-refractivity contribution in [3.05, 3.63) is 39.4 Å². The second kappa shape index (κ2) is 6.86. The topological polar surface area (TPSA) is 119 Å². The van der Waals surface area contributed by atoms with E-state index < -0.39 is 14.8 Å². The predicted octanol–water partition coefficient (Wildman–Crippen LogP) is 1.18. The lowest BCUT2D eigenvalue weighted by Crippen LogP contribution is -2.21. The van der Waals surface area contributed by atoms with Gasteiger partial charge in [0.15, 0.2) is 9.84 Å². The minimum Gasteiger partial charge on any atom is -0.273 e. The van der Waals surface area contributed by atoms with Crippen LogP contribution >= 0.6 is 0 Å². The second-order valence-electron chi connectivity index (χ2n) is 5.57. The van der Waals surface area contributed by atoms with Crippen LogP contribution in [0.4, 0.5) is 5.69 Å². The Balaban J connectivity index is 1.90. The van der Waals surface area contributed by atoms with Crippen LogP contribution in [0.2, 0.25) is 0 Å². The van der Waals surface area contributed by atoms with Crippen molar-refractivity contribution < 1.29 is 18.1 Å². The molecule has 0 spiro atoms. The van der Waals surface area contributed by atoms with Gasteiger partial charge in [-0.05, 0) is 19.3 Å². The largest absolute Gasteiger partial charge is 0.273 e. The maximum atomic E-state index is 11.7. The van der Waals surface area contributed by atoms with Gasteiger partial charge in [0.05, 0.1) is 22.6 Å². The van der Waals surface area contributed by atoms with Crippen LogP contribution in [0.3, 0.4) is 0 Å². The number of hydrogen-bond acceptors (Lipinski definition) is 6. The van der Waals surface area contributed by atoms with Gasteiger partial charge in [0.25, 0.3) is 5.69 Å². The Morgan fingerprint density at radius 2 is 2.26 bits per heavy atom. The molecule has 23 heavy (non-hydrogen) atoms. The molecular weight excluding hydrogens is 322 g/mol. The van der Waals surface area contributed by atoms with Crippen LogP contribution in [0.25, 0.3) is 0 Å². The Labute approximate surface area is 133 Å². The lowest BCUT2D eigenvalue weighted by Gasteiger charge is -2.05. The van der Waals surface area contributed by atoms with Crippen LogP contribution in [-0.4, -0.2) is 37.0 Å². The quantitative estimate of drug-likeness (QED) is 0.491. The number of carbonyl (C=O) groups is 1. The summed E-state index contributed by atoms with van der Waals surface area (Å²) in [7, 11) is -3.00. The van der Waals surface area contributed by atoms with Crippen LogP contribution in [0.1, 0.15) is 24.0 Å². The summed E-state index contributed by atoms with van der Waals surface area (Å²) in [4.78, 5) is 22.1. The molecule has 1 aromatic rings. The number of nitro benzene ring substituents is 1. The van der Waals surface area contributed by atoms with E-state index in [1.54, 1.807) is 19.1 Å². The van der Waals surface area contributed by atoms with Crippen LogP contribution in [-0.2, 0) is 14.6 Å². The lowest BCUT2D eigenvalue weighted by atomic mass is 10.1. The molecule has 0 unspecified atom stereocenters. The summed E-state index contributed by atoms with van der Waals surface area (Å²) < 4.78 is 22.6. The number of sulfone groups is 1. The van der Waals surface area contributed by atoms with E-state index in [4.69, 9.17) is 0 Å². The fourth-order valence-electron chi connectivity index (χ4n) is 2.42. The van der Waals surface area contributed by atoms with E-state index in [0.717, 1.165) is 0 Å². The molecule has 1 atom stereocenters. The van der Waals surface area contributed by atoms with Crippen LogP contribution < -0.4 is 5.43 Å². The maximum Gasteiger partial charge on any atom is 0.272 e. The van der Waals surface area contributed by atoms with Gasteiger partial charge in [0.2, 0.25) is 5.91 Å². The Kier molecular flexibility index (Phi) is 5.09. The van der Waals surface area contributed by atoms with Gasteiger partial charge >= 0.3 is 0 Å². The summed E-state index contributed by atoms with van der Waals surface area (Å²) >= 11 is 0. The molecule has 0 bridgehead atoms. The van der Waals surface area contributed by atoms with Crippen molar-refractivity contribution in [2.24, 2.45) is 11.0 Å². The molecule has 124 valence electrons. The normalized spacial score (nSPS) is 19.8. The van der Waals surface area contributed by atoms with Crippen molar-refractivity contribution >= 4 is 27.6 Å². The molecule has 8 nitrogen and oxygen atoms in total. The average molecular weight is 339 g/mol. The molecule has 0 saturated carbocycles. The zero-order chi connectivity index (χ0) is 17.0. The molecule has 1 saturated heterocycles. The number of aryl methyl sites for hydroxylation is 1. The van der Waals surface area contributed by atoms with E-state index in [1.165, 1.54) is 12.3 Å². The first-order valence-corrected chi connectivity index (χ1v) is 8.86. The monoisotopic (exact) mass is 339 g/mol. The molecule has 0 aromatic heterocycles. The van der Waals surface area contributed by atoms with Crippen LogP contribution in [0, 0.1) is 23.0 Å². The number of nitrogens with one attached hydrogen (secondary N) is 1. The van der Waals surface area contributed by atoms with Crippen LogP contribution in [0.15, 0.2) is 23.3 Å². The van der Waals surface area contributed by atoms with E-state index in [2.05, 4.69) is 10.5 Å². The van der Waals surface area contributed by atoms with Crippen molar-refractivity contribution in [1.82, 2.24) is 5.43 Å². The summed E-state index contributed by atoms with van der Waals surface area (Å²) in [5, 5.41) is 14.6. The molecule has 1 N–H and O–H groups in total. The highest BCUT2D eigenvalue weighted by Crippen LogP contribution is 2.21. The Morgan fingerprint density at radius 1 is 1.52 bits per heavy atom. The molecule has 9 heteroatoms. The van der Waals surface area contributed by atoms with E-state index in [1.807, 2.05) is 0 Å². The van der Waals surface area contributed by atoms with E-state index in [-0.39, 0.29) is 35.4 Å². The molecule has 1 aliphatic rings. The van der Waals surface area contributed by atoms with Gasteiger partial charge in [0, 0.05) is 23.6 Å². The first-order valence-electron chi connectivity index (χ1n) is 7.04. The Bertz CT molecular complexity index is 758. The van der Waals surface area contributed by atoms with Crippen molar-refractivity contribution in [2.75, 3.05) is 11.5 Å². The minimum atomic E-state index is -3.00. The first kappa shape index (κ1) is 17.1. The fourth-order valence-corrected chi connectivity index (χ4v) is 4.28. The third-order valence-corrected chi connectivity index (χ3v) is 5.47. The number of hydrazone groups is 1. The fraction of sp³-hybridized carbons (Fsp3) is 0.429. The maximum absolute atomic E-state index is 11.7. The van der Waals surface area contributed by atoms with Gasteiger partial charge in [-0.2, -0.15) is 5.10 Å². The van der Waals surface area contributed by atoms with Crippen LogP contribution in [0.5, 0.6) is 0 Å². The lowest BCUT2D eigenvalue weighted by molar-refractivity contribution is -0.385. The second-order valence-corrected chi connectivity index (χ2v) is 7.80. The van der Waals surface area contributed by atoms with Gasteiger partial charge in [-0.15, -0.1) is 0 Å². The minimum absolute atomic E-state index is 0.0172. The number of nitro groups is 1. The van der Waals surface area contributed by atoms with E-state index >= 15 is 0 Å². The smallest absolute Gasteiger partial charge is 0.272 e. The Morgan fingerprint density at radius 3 is 2.87 bits per heavy atom. The summed E-state index contributed by atoms with van der Waals surface area (Å²) in [5.74, 6) is -0.379. The standard InChI is InChI=1S/C14H17N3O5S/c1-10-2-3-11(6-13(10)17(19)20)8-15-16-14(18)7-12-4-5-23(21,22)9-12/h2-3,6,8,12H,4-5,7,9H2,1H3,(H,16,18)/b15-8-/t12-/m0/s1. The highest BCUT2D eigenvalue weighted by molar-refractivity contribution is 7.91. The van der Waals surface area contributed by atoms with Crippen molar-refractivity contribution in [1.29, 1.82) is 0 Å². The summed E-state index contributed by atoms with van der Waals surface area (Å²) in [6.45, 7) is 1.64. The number of nitrogens with zero attached hydrogens (tertiary/aromatic N) is 2. The summed E-state index contributed by atoms with van der Waals surface area (Å²) in [5.41, 5.74) is 3.33. The van der Waals surface area contributed by atoms with Gasteiger partial charge in [0.1, 0.15) is 0 Å². The van der Waals surface area contributed by atoms with Gasteiger partial charge in [-0.1, -0.05) is 12.1 Å². The van der Waals surface area contributed by atoms with Gasteiger partial charge < -0.3 is 0 Å². The zero-order valence-corrected chi connectivity index (χ0v) is 13.4. The van der Waals surface area contributed by atoms with E-state index in [9.17, 15) is 23.3 Å². The predicted molar refractivity (Wildman–Crippen MR) is 84.9 cm³/mol.